The second-order valence-corrected chi connectivity index (χ2v) is 7.93. The van der Waals surface area contributed by atoms with Crippen LogP contribution in [0.5, 0.6) is 0 Å². The summed E-state index contributed by atoms with van der Waals surface area (Å²) in [5, 5.41) is 0.675. The molecule has 2 rings (SSSR count). The summed E-state index contributed by atoms with van der Waals surface area (Å²) in [5.41, 5.74) is 0.232. The number of benzene rings is 2. The fraction of sp³-hybridized carbons (Fsp3) is 0.0667. The van der Waals surface area contributed by atoms with Crippen molar-refractivity contribution in [2.24, 2.45) is 0 Å². The third-order valence-corrected chi connectivity index (χ3v) is 6.26. The molecule has 0 amide bonds. The van der Waals surface area contributed by atoms with Gasteiger partial charge in [-0.15, -0.1) is 6.58 Å². The van der Waals surface area contributed by atoms with E-state index >= 15 is 0 Å². The molecule has 0 aliphatic carbocycles. The first-order chi connectivity index (χ1) is 10.8. The van der Waals surface area contributed by atoms with E-state index in [4.69, 9.17) is 46.4 Å². The van der Waals surface area contributed by atoms with Crippen LogP contribution in [-0.4, -0.2) is 15.0 Å². The summed E-state index contributed by atoms with van der Waals surface area (Å²) in [6.07, 6.45) is 1.44. The molecule has 8 heteroatoms. The van der Waals surface area contributed by atoms with E-state index in [-0.39, 0.29) is 37.2 Å². The zero-order valence-corrected chi connectivity index (χ0v) is 15.5. The van der Waals surface area contributed by atoms with Gasteiger partial charge in [0, 0.05) is 5.02 Å². The average Bonchev–Trinajstić information content (AvgIpc) is 2.50. The van der Waals surface area contributed by atoms with E-state index in [0.29, 0.717) is 0 Å². The zero-order valence-electron chi connectivity index (χ0n) is 11.6. The Morgan fingerprint density at radius 2 is 1.74 bits per heavy atom. The minimum absolute atomic E-state index is 0.00869. The average molecular weight is 411 g/mol. The van der Waals surface area contributed by atoms with E-state index in [1.165, 1.54) is 24.3 Å². The van der Waals surface area contributed by atoms with Gasteiger partial charge in [0.1, 0.15) is 4.90 Å². The molecule has 23 heavy (non-hydrogen) atoms. The first-order valence-electron chi connectivity index (χ1n) is 6.31. The van der Waals surface area contributed by atoms with E-state index in [1.54, 1.807) is 18.2 Å². The summed E-state index contributed by atoms with van der Waals surface area (Å²) in [4.78, 5) is -0.121. The molecule has 0 fully saturated rings. The molecule has 0 aliphatic heterocycles. The molecule has 0 aliphatic rings. The Bertz CT molecular complexity index is 853. The first kappa shape index (κ1) is 18.4. The normalized spacial score (nSPS) is 11.3. The number of hydrogen-bond donors (Lipinski definition) is 0. The largest absolute Gasteiger partial charge is 0.266 e. The van der Waals surface area contributed by atoms with Gasteiger partial charge >= 0.3 is 0 Å². The third kappa shape index (κ3) is 3.78. The van der Waals surface area contributed by atoms with Gasteiger partial charge in [-0.25, -0.2) is 8.42 Å². The van der Waals surface area contributed by atoms with Crippen LogP contribution in [0.3, 0.4) is 0 Å². The van der Waals surface area contributed by atoms with Gasteiger partial charge in [0.05, 0.1) is 27.3 Å². The Balaban J connectivity index is 2.67. The van der Waals surface area contributed by atoms with Crippen LogP contribution >= 0.6 is 46.4 Å². The number of nitrogens with zero attached hydrogens (tertiary/aromatic N) is 1. The van der Waals surface area contributed by atoms with Crippen LogP contribution in [0, 0.1) is 0 Å². The summed E-state index contributed by atoms with van der Waals surface area (Å²) < 4.78 is 27.1. The Hall–Kier alpha value is -0.910. The molecule has 122 valence electrons. The minimum Gasteiger partial charge on any atom is -0.261 e. The lowest BCUT2D eigenvalue weighted by molar-refractivity contribution is 0.593. The second-order valence-electron chi connectivity index (χ2n) is 4.47. The smallest absolute Gasteiger partial charge is 0.261 e. The fourth-order valence-electron chi connectivity index (χ4n) is 1.92. The van der Waals surface area contributed by atoms with Crippen molar-refractivity contribution in [1.82, 2.24) is 0 Å². The highest BCUT2D eigenvalue weighted by Gasteiger charge is 2.28. The molecule has 3 nitrogen and oxygen atoms in total. The van der Waals surface area contributed by atoms with E-state index in [2.05, 4.69) is 6.58 Å². The summed E-state index contributed by atoms with van der Waals surface area (Å²) in [6, 6.07) is 8.93. The van der Waals surface area contributed by atoms with Crippen molar-refractivity contribution in [3.63, 3.8) is 0 Å². The maximum absolute atomic E-state index is 13.0. The van der Waals surface area contributed by atoms with Gasteiger partial charge in [0.2, 0.25) is 0 Å². The Morgan fingerprint density at radius 1 is 1.04 bits per heavy atom. The molecular formula is C15H11Cl4NO2S. The SMILES string of the molecule is C=CCN(c1cccc(Cl)c1Cl)S(=O)(=O)c1cc(Cl)ccc1Cl. The molecule has 0 bridgehead atoms. The lowest BCUT2D eigenvalue weighted by atomic mass is 10.3. The molecule has 2 aromatic carbocycles. The Labute approximate surface area is 155 Å². The maximum Gasteiger partial charge on any atom is 0.266 e. The lowest BCUT2D eigenvalue weighted by Crippen LogP contribution is -2.31. The molecule has 0 saturated carbocycles. The molecule has 0 heterocycles. The molecule has 0 unspecified atom stereocenters. The standard InChI is InChI=1S/C15H11Cl4NO2S/c1-2-8-20(13-5-3-4-12(18)15(13)19)23(21,22)14-9-10(16)6-7-11(14)17/h2-7,9H,1,8H2. The lowest BCUT2D eigenvalue weighted by Gasteiger charge is -2.25. The first-order valence-corrected chi connectivity index (χ1v) is 9.27. The molecule has 0 saturated heterocycles. The van der Waals surface area contributed by atoms with Crippen molar-refractivity contribution in [3.8, 4) is 0 Å². The third-order valence-electron chi connectivity index (χ3n) is 2.96. The Morgan fingerprint density at radius 3 is 2.39 bits per heavy atom. The van der Waals surface area contributed by atoms with Gasteiger partial charge in [-0.2, -0.15) is 0 Å². The monoisotopic (exact) mass is 409 g/mol. The van der Waals surface area contributed by atoms with Gasteiger partial charge in [-0.05, 0) is 30.3 Å². The minimum atomic E-state index is -4.01. The van der Waals surface area contributed by atoms with Crippen LogP contribution < -0.4 is 4.31 Å². The van der Waals surface area contributed by atoms with E-state index in [0.717, 1.165) is 4.31 Å². The van der Waals surface area contributed by atoms with Gasteiger partial charge in [0.15, 0.2) is 0 Å². The van der Waals surface area contributed by atoms with Crippen LogP contribution in [-0.2, 0) is 10.0 Å². The van der Waals surface area contributed by atoms with Crippen molar-refractivity contribution in [2.75, 3.05) is 10.8 Å². The Kier molecular flexibility index (Phi) is 5.87. The number of halogens is 4. The number of hydrogen-bond acceptors (Lipinski definition) is 2. The molecule has 0 radical (unpaired) electrons. The van der Waals surface area contributed by atoms with Crippen molar-refractivity contribution < 1.29 is 8.42 Å². The quantitative estimate of drug-likeness (QED) is 0.594. The van der Waals surface area contributed by atoms with Crippen LogP contribution in [0.4, 0.5) is 5.69 Å². The highest BCUT2D eigenvalue weighted by molar-refractivity contribution is 7.93. The van der Waals surface area contributed by atoms with Crippen LogP contribution in [0.25, 0.3) is 0 Å². The number of rotatable bonds is 5. The van der Waals surface area contributed by atoms with E-state index in [1.807, 2.05) is 0 Å². The van der Waals surface area contributed by atoms with Gasteiger partial charge in [0.25, 0.3) is 10.0 Å². The van der Waals surface area contributed by atoms with Crippen molar-refractivity contribution in [2.45, 2.75) is 4.90 Å². The maximum atomic E-state index is 13.0. The highest BCUT2D eigenvalue weighted by atomic mass is 35.5. The van der Waals surface area contributed by atoms with E-state index in [9.17, 15) is 8.42 Å². The molecule has 0 aromatic heterocycles. The van der Waals surface area contributed by atoms with Gasteiger partial charge in [-0.1, -0.05) is 58.5 Å². The molecule has 0 atom stereocenters. The predicted octanol–water partition coefficient (Wildman–Crippen LogP) is 5.68. The molecule has 0 spiro atoms. The summed E-state index contributed by atoms with van der Waals surface area (Å²) >= 11 is 24.1. The molecule has 0 N–H and O–H groups in total. The number of anilines is 1. The summed E-state index contributed by atoms with van der Waals surface area (Å²) in [5.74, 6) is 0. The second kappa shape index (κ2) is 7.32. The summed E-state index contributed by atoms with van der Waals surface area (Å²) in [6.45, 7) is 3.58. The van der Waals surface area contributed by atoms with Crippen LogP contribution in [0.2, 0.25) is 20.1 Å². The van der Waals surface area contributed by atoms with Crippen LogP contribution in [0.1, 0.15) is 0 Å². The van der Waals surface area contributed by atoms with Crippen molar-refractivity contribution >= 4 is 62.1 Å². The number of sulfonamides is 1. The zero-order chi connectivity index (χ0) is 17.2. The van der Waals surface area contributed by atoms with Gasteiger partial charge in [-0.3, -0.25) is 4.31 Å². The highest BCUT2D eigenvalue weighted by Crippen LogP contribution is 2.37. The van der Waals surface area contributed by atoms with Gasteiger partial charge < -0.3 is 0 Å². The topological polar surface area (TPSA) is 37.4 Å². The fourth-order valence-corrected chi connectivity index (χ4v) is 4.56. The van der Waals surface area contributed by atoms with Crippen molar-refractivity contribution in [3.05, 3.63) is 69.1 Å². The molecule has 2 aromatic rings. The predicted molar refractivity (Wildman–Crippen MR) is 97.7 cm³/mol. The van der Waals surface area contributed by atoms with Crippen molar-refractivity contribution in [1.29, 1.82) is 0 Å². The van der Waals surface area contributed by atoms with E-state index < -0.39 is 10.0 Å². The van der Waals surface area contributed by atoms with Crippen LogP contribution in [0.15, 0.2) is 53.9 Å². The summed E-state index contributed by atoms with van der Waals surface area (Å²) in [7, 11) is -4.01. The molecular weight excluding hydrogens is 400 g/mol.